The summed E-state index contributed by atoms with van der Waals surface area (Å²) in [6, 6.07) is 7.60. The highest BCUT2D eigenvalue weighted by Gasteiger charge is 2.18. The molecule has 118 valence electrons. The quantitative estimate of drug-likeness (QED) is 0.816. The zero-order valence-corrected chi connectivity index (χ0v) is 13.0. The highest BCUT2D eigenvalue weighted by Crippen LogP contribution is 2.15. The van der Waals surface area contributed by atoms with Crippen LogP contribution in [0.3, 0.4) is 0 Å². The van der Waals surface area contributed by atoms with Crippen molar-refractivity contribution in [3.63, 3.8) is 0 Å². The van der Waals surface area contributed by atoms with Gasteiger partial charge in [0, 0.05) is 25.1 Å². The number of ether oxygens (including phenoxy) is 1. The van der Waals surface area contributed by atoms with Crippen molar-refractivity contribution < 1.29 is 14.3 Å². The van der Waals surface area contributed by atoms with Crippen molar-refractivity contribution in [2.24, 2.45) is 0 Å². The van der Waals surface area contributed by atoms with Crippen LogP contribution in [0.1, 0.15) is 32.3 Å². The number of piperidine rings is 1. The Bertz CT molecular complexity index is 557. The third kappa shape index (κ3) is 5.24. The first-order valence-electron chi connectivity index (χ1n) is 7.55. The van der Waals surface area contributed by atoms with Gasteiger partial charge in [-0.1, -0.05) is 12.1 Å². The summed E-state index contributed by atoms with van der Waals surface area (Å²) in [5, 5.41) is 5.63. The molecule has 1 aliphatic rings. The minimum Gasteiger partial charge on any atom is -0.491 e. The molecule has 0 aliphatic carbocycles. The Kier molecular flexibility index (Phi) is 5.58. The van der Waals surface area contributed by atoms with Crippen LogP contribution in [0, 0.1) is 0 Å². The van der Waals surface area contributed by atoms with Crippen LogP contribution in [0.5, 0.6) is 5.75 Å². The van der Waals surface area contributed by atoms with Gasteiger partial charge in [-0.15, -0.1) is 0 Å². The van der Waals surface area contributed by atoms with Crippen molar-refractivity contribution in [3.05, 3.63) is 35.9 Å². The van der Waals surface area contributed by atoms with E-state index in [9.17, 15) is 9.59 Å². The first-order chi connectivity index (χ1) is 10.5. The molecule has 0 spiro atoms. The lowest BCUT2D eigenvalue weighted by Crippen LogP contribution is -2.47. The Morgan fingerprint density at radius 2 is 2.27 bits per heavy atom. The van der Waals surface area contributed by atoms with E-state index >= 15 is 0 Å². The van der Waals surface area contributed by atoms with Crippen molar-refractivity contribution >= 4 is 17.9 Å². The average molecular weight is 302 g/mol. The zero-order chi connectivity index (χ0) is 15.9. The summed E-state index contributed by atoms with van der Waals surface area (Å²) in [5.74, 6) is 0.673. The summed E-state index contributed by atoms with van der Waals surface area (Å²) >= 11 is 0. The van der Waals surface area contributed by atoms with E-state index in [2.05, 4.69) is 10.6 Å². The Balaban J connectivity index is 1.88. The SMILES string of the molecule is CC(C)Oc1cccc(/C=C\C(=O)N[C@H]2CCC(=O)NC2)c1. The van der Waals surface area contributed by atoms with Gasteiger partial charge in [-0.2, -0.15) is 0 Å². The van der Waals surface area contributed by atoms with Crippen molar-refractivity contribution in [1.29, 1.82) is 0 Å². The molecule has 0 saturated carbocycles. The Hall–Kier alpha value is -2.30. The smallest absolute Gasteiger partial charge is 0.244 e. The van der Waals surface area contributed by atoms with E-state index in [1.54, 1.807) is 6.08 Å². The number of rotatable bonds is 5. The molecular formula is C17H22N2O3. The summed E-state index contributed by atoms with van der Waals surface area (Å²) in [4.78, 5) is 23.0. The fraction of sp³-hybridized carbons (Fsp3) is 0.412. The molecule has 1 saturated heterocycles. The summed E-state index contributed by atoms with van der Waals surface area (Å²) in [5.41, 5.74) is 0.908. The van der Waals surface area contributed by atoms with Crippen LogP contribution in [0.4, 0.5) is 0 Å². The van der Waals surface area contributed by atoms with Gasteiger partial charge in [0.05, 0.1) is 6.10 Å². The van der Waals surface area contributed by atoms with E-state index in [1.165, 1.54) is 6.08 Å². The van der Waals surface area contributed by atoms with E-state index in [0.717, 1.165) is 11.3 Å². The minimum absolute atomic E-state index is 0.00505. The van der Waals surface area contributed by atoms with Crippen LogP contribution in [0.2, 0.25) is 0 Å². The summed E-state index contributed by atoms with van der Waals surface area (Å²) in [6.07, 6.45) is 4.52. The predicted octanol–water partition coefficient (Wildman–Crippen LogP) is 1.88. The topological polar surface area (TPSA) is 67.4 Å². The maximum Gasteiger partial charge on any atom is 0.244 e. The van der Waals surface area contributed by atoms with Gasteiger partial charge in [0.1, 0.15) is 5.75 Å². The van der Waals surface area contributed by atoms with Gasteiger partial charge < -0.3 is 15.4 Å². The van der Waals surface area contributed by atoms with E-state index in [4.69, 9.17) is 4.74 Å². The highest BCUT2D eigenvalue weighted by atomic mass is 16.5. The normalized spacial score (nSPS) is 18.3. The van der Waals surface area contributed by atoms with Crippen LogP contribution < -0.4 is 15.4 Å². The molecule has 1 fully saturated rings. The molecule has 2 amide bonds. The Morgan fingerprint density at radius 3 is 2.95 bits per heavy atom. The number of benzene rings is 1. The van der Waals surface area contributed by atoms with Gasteiger partial charge in [-0.3, -0.25) is 9.59 Å². The number of hydrogen-bond donors (Lipinski definition) is 2. The van der Waals surface area contributed by atoms with Crippen molar-refractivity contribution in [2.75, 3.05) is 6.54 Å². The average Bonchev–Trinajstić information content (AvgIpc) is 2.47. The number of amides is 2. The second kappa shape index (κ2) is 7.64. The predicted molar refractivity (Wildman–Crippen MR) is 85.4 cm³/mol. The fourth-order valence-electron chi connectivity index (χ4n) is 2.24. The lowest BCUT2D eigenvalue weighted by Gasteiger charge is -2.22. The van der Waals surface area contributed by atoms with E-state index in [1.807, 2.05) is 38.1 Å². The van der Waals surface area contributed by atoms with Crippen LogP contribution in [0.25, 0.3) is 6.08 Å². The Morgan fingerprint density at radius 1 is 1.45 bits per heavy atom. The highest BCUT2D eigenvalue weighted by molar-refractivity contribution is 5.92. The fourth-order valence-corrected chi connectivity index (χ4v) is 2.24. The molecule has 2 N–H and O–H groups in total. The molecule has 0 unspecified atom stereocenters. The van der Waals surface area contributed by atoms with Gasteiger partial charge in [-0.05, 0) is 44.0 Å². The lowest BCUT2D eigenvalue weighted by atomic mass is 10.1. The van der Waals surface area contributed by atoms with Crippen molar-refractivity contribution in [1.82, 2.24) is 10.6 Å². The van der Waals surface area contributed by atoms with Gasteiger partial charge in [0.25, 0.3) is 0 Å². The number of hydrogen-bond acceptors (Lipinski definition) is 3. The second-order valence-electron chi connectivity index (χ2n) is 5.62. The van der Waals surface area contributed by atoms with E-state index < -0.39 is 0 Å². The van der Waals surface area contributed by atoms with Crippen molar-refractivity contribution in [2.45, 2.75) is 38.8 Å². The number of carbonyl (C=O) groups is 2. The maximum atomic E-state index is 11.9. The molecule has 5 heteroatoms. The molecular weight excluding hydrogens is 280 g/mol. The number of nitrogens with one attached hydrogen (secondary N) is 2. The molecule has 22 heavy (non-hydrogen) atoms. The third-order valence-electron chi connectivity index (χ3n) is 3.27. The molecule has 0 radical (unpaired) electrons. The summed E-state index contributed by atoms with van der Waals surface area (Å²) < 4.78 is 5.62. The standard InChI is InChI=1S/C17H22N2O3/c1-12(2)22-15-5-3-4-13(10-15)6-8-17(21)19-14-7-9-16(20)18-11-14/h3-6,8,10,12,14H,7,9,11H2,1-2H3,(H,18,20)(H,19,21)/b8-6-/t14-/m0/s1. The van der Waals surface area contributed by atoms with Crippen LogP contribution in [0.15, 0.2) is 30.3 Å². The molecule has 1 aromatic rings. The Labute approximate surface area is 130 Å². The van der Waals surface area contributed by atoms with Crippen molar-refractivity contribution in [3.8, 4) is 5.75 Å². The van der Waals surface area contributed by atoms with Gasteiger partial charge >= 0.3 is 0 Å². The summed E-state index contributed by atoms with van der Waals surface area (Å²) in [6.45, 7) is 4.44. The molecule has 1 aliphatic heterocycles. The first kappa shape index (κ1) is 16.1. The van der Waals surface area contributed by atoms with E-state index in [0.29, 0.717) is 19.4 Å². The van der Waals surface area contributed by atoms with Crippen LogP contribution >= 0.6 is 0 Å². The third-order valence-corrected chi connectivity index (χ3v) is 3.27. The minimum atomic E-state index is -0.156. The molecule has 0 bridgehead atoms. The van der Waals surface area contributed by atoms with E-state index in [-0.39, 0.29) is 24.0 Å². The van der Waals surface area contributed by atoms with Crippen LogP contribution in [-0.2, 0) is 9.59 Å². The zero-order valence-electron chi connectivity index (χ0n) is 13.0. The monoisotopic (exact) mass is 302 g/mol. The van der Waals surface area contributed by atoms with Gasteiger partial charge in [-0.25, -0.2) is 0 Å². The second-order valence-corrected chi connectivity index (χ2v) is 5.62. The van der Waals surface area contributed by atoms with Gasteiger partial charge in [0.15, 0.2) is 0 Å². The first-order valence-corrected chi connectivity index (χ1v) is 7.55. The van der Waals surface area contributed by atoms with Crippen LogP contribution in [-0.4, -0.2) is 30.5 Å². The largest absolute Gasteiger partial charge is 0.491 e. The molecule has 1 heterocycles. The number of carbonyl (C=O) groups excluding carboxylic acids is 2. The van der Waals surface area contributed by atoms with Gasteiger partial charge in [0.2, 0.25) is 11.8 Å². The molecule has 2 rings (SSSR count). The molecule has 5 nitrogen and oxygen atoms in total. The maximum absolute atomic E-state index is 11.9. The molecule has 1 aromatic carbocycles. The lowest BCUT2D eigenvalue weighted by molar-refractivity contribution is -0.124. The molecule has 1 atom stereocenters. The molecule has 0 aromatic heterocycles. The summed E-state index contributed by atoms with van der Waals surface area (Å²) in [7, 11) is 0.